The Balaban J connectivity index is 0.00000169. The van der Waals surface area contributed by atoms with E-state index in [1.807, 2.05) is 0 Å². The minimum Gasteiger partial charge on any atom is -0.301 e. The Morgan fingerprint density at radius 3 is 2.43 bits per heavy atom. The summed E-state index contributed by atoms with van der Waals surface area (Å²) in [6.45, 7) is 1.28. The van der Waals surface area contributed by atoms with Crippen molar-refractivity contribution < 1.29 is 13.2 Å². The summed E-state index contributed by atoms with van der Waals surface area (Å²) in [5.41, 5.74) is 0. The van der Waals surface area contributed by atoms with Gasteiger partial charge in [0.25, 0.3) is 10.0 Å². The van der Waals surface area contributed by atoms with Crippen LogP contribution in [0.4, 0.5) is 5.13 Å². The molecule has 0 unspecified atom stereocenters. The van der Waals surface area contributed by atoms with Crippen LogP contribution >= 0.6 is 23.7 Å². The molecule has 0 aliphatic carbocycles. The number of halogens is 1. The predicted molar refractivity (Wildman–Crippen MR) is 52.8 cm³/mol. The van der Waals surface area contributed by atoms with Crippen LogP contribution in [0.3, 0.4) is 0 Å². The van der Waals surface area contributed by atoms with Gasteiger partial charge in [0.05, 0.1) is 0 Å². The van der Waals surface area contributed by atoms with Crippen molar-refractivity contribution in [3.05, 3.63) is 0 Å². The van der Waals surface area contributed by atoms with Crippen LogP contribution in [0.1, 0.15) is 6.92 Å². The maximum absolute atomic E-state index is 10.7. The molecule has 0 aliphatic rings. The maximum Gasteiger partial charge on any atom is 0.267 e. The quantitative estimate of drug-likeness (QED) is 0.698. The lowest BCUT2D eigenvalue weighted by atomic mass is 10.7. The van der Waals surface area contributed by atoms with Crippen molar-refractivity contribution in [2.45, 2.75) is 11.3 Å². The zero-order valence-corrected chi connectivity index (χ0v) is 9.37. The lowest BCUT2D eigenvalue weighted by Crippen LogP contribution is -2.11. The molecule has 7 nitrogen and oxygen atoms in total. The lowest BCUT2D eigenvalue weighted by Gasteiger charge is -1.90. The number of anilines is 1. The highest BCUT2D eigenvalue weighted by molar-refractivity contribution is 7.91. The topological polar surface area (TPSA) is 115 Å². The number of hydrogen-bond acceptors (Lipinski definition) is 6. The summed E-state index contributed by atoms with van der Waals surface area (Å²) in [5.74, 6) is -0.350. The van der Waals surface area contributed by atoms with E-state index in [9.17, 15) is 13.2 Å². The number of primary sulfonamides is 1. The summed E-state index contributed by atoms with van der Waals surface area (Å²) < 4.78 is 21.1. The second kappa shape index (κ2) is 4.64. The van der Waals surface area contributed by atoms with Crippen molar-refractivity contribution in [2.24, 2.45) is 5.14 Å². The van der Waals surface area contributed by atoms with Crippen LogP contribution in [0.5, 0.6) is 0 Å². The molecule has 0 fully saturated rings. The largest absolute Gasteiger partial charge is 0.301 e. The van der Waals surface area contributed by atoms with Gasteiger partial charge in [-0.2, -0.15) is 0 Å². The average Bonchev–Trinajstić information content (AvgIpc) is 2.32. The predicted octanol–water partition coefficient (Wildman–Crippen LogP) is -0.434. The van der Waals surface area contributed by atoms with Crippen molar-refractivity contribution in [1.82, 2.24) is 10.2 Å². The van der Waals surface area contributed by atoms with Gasteiger partial charge in [-0.25, -0.2) is 13.6 Å². The first kappa shape index (κ1) is 13.2. The number of amides is 1. The van der Waals surface area contributed by atoms with Gasteiger partial charge in [0.2, 0.25) is 15.4 Å². The molecule has 14 heavy (non-hydrogen) atoms. The first-order chi connectivity index (χ1) is 5.89. The Hall–Kier alpha value is -0.770. The molecule has 0 spiro atoms. The zero-order valence-electron chi connectivity index (χ0n) is 6.92. The molecule has 1 aromatic heterocycles. The Morgan fingerprint density at radius 1 is 1.50 bits per heavy atom. The van der Waals surface area contributed by atoms with Crippen molar-refractivity contribution in [1.29, 1.82) is 0 Å². The minimum atomic E-state index is -3.82. The van der Waals surface area contributed by atoms with E-state index in [1.165, 1.54) is 6.92 Å². The summed E-state index contributed by atoms with van der Waals surface area (Å²) in [4.78, 5) is 10.5. The van der Waals surface area contributed by atoms with Gasteiger partial charge >= 0.3 is 0 Å². The molecule has 80 valence electrons. The summed E-state index contributed by atoms with van der Waals surface area (Å²) in [7, 11) is -3.82. The van der Waals surface area contributed by atoms with Gasteiger partial charge < -0.3 is 5.32 Å². The smallest absolute Gasteiger partial charge is 0.267 e. The van der Waals surface area contributed by atoms with Crippen LogP contribution in [-0.2, 0) is 14.8 Å². The van der Waals surface area contributed by atoms with Crippen LogP contribution in [0, 0.1) is 0 Å². The van der Waals surface area contributed by atoms with Crippen molar-refractivity contribution in [2.75, 3.05) is 5.32 Å². The Kier molecular flexibility index (Phi) is 4.39. The van der Waals surface area contributed by atoms with E-state index in [0.717, 1.165) is 0 Å². The highest BCUT2D eigenvalue weighted by atomic mass is 35.5. The van der Waals surface area contributed by atoms with Crippen LogP contribution in [0.25, 0.3) is 0 Å². The van der Waals surface area contributed by atoms with Gasteiger partial charge in [-0.15, -0.1) is 22.6 Å². The summed E-state index contributed by atoms with van der Waals surface area (Å²) in [6, 6.07) is 0. The van der Waals surface area contributed by atoms with Crippen LogP contribution < -0.4 is 10.5 Å². The highest BCUT2D eigenvalue weighted by Gasteiger charge is 2.15. The first-order valence-electron chi connectivity index (χ1n) is 3.03. The SMILES string of the molecule is CC(=O)Nc1nnc(S(N)(=O)=O)s1.Cl. The second-order valence-corrected chi connectivity index (χ2v) is 4.81. The number of hydrogen-bond donors (Lipinski definition) is 2. The van der Waals surface area contributed by atoms with E-state index in [4.69, 9.17) is 5.14 Å². The normalized spacial score (nSPS) is 10.4. The highest BCUT2D eigenvalue weighted by Crippen LogP contribution is 2.17. The van der Waals surface area contributed by atoms with Crippen molar-refractivity contribution >= 4 is 44.8 Å². The van der Waals surface area contributed by atoms with Gasteiger partial charge in [0.15, 0.2) is 0 Å². The van der Waals surface area contributed by atoms with E-state index in [1.54, 1.807) is 0 Å². The maximum atomic E-state index is 10.7. The third-order valence-corrected chi connectivity index (χ3v) is 3.08. The number of carbonyl (C=O) groups is 1. The number of carbonyl (C=O) groups excluding carboxylic acids is 1. The van der Waals surface area contributed by atoms with E-state index in [2.05, 4.69) is 15.5 Å². The molecular formula is C4H7ClN4O3S2. The van der Waals surface area contributed by atoms with E-state index in [-0.39, 0.29) is 27.8 Å². The fourth-order valence-corrected chi connectivity index (χ4v) is 1.91. The third-order valence-electron chi connectivity index (χ3n) is 0.933. The van der Waals surface area contributed by atoms with Crippen molar-refractivity contribution in [3.63, 3.8) is 0 Å². The number of nitrogens with one attached hydrogen (secondary N) is 1. The molecule has 0 radical (unpaired) electrons. The van der Waals surface area contributed by atoms with E-state index in [0.29, 0.717) is 11.3 Å². The number of nitrogens with zero attached hydrogens (tertiary/aromatic N) is 2. The summed E-state index contributed by atoms with van der Waals surface area (Å²) in [5, 5.41) is 13.8. The first-order valence-corrected chi connectivity index (χ1v) is 5.40. The fourth-order valence-electron chi connectivity index (χ4n) is 0.526. The molecule has 0 saturated carbocycles. The lowest BCUT2D eigenvalue weighted by molar-refractivity contribution is -0.114. The molecule has 0 saturated heterocycles. The minimum absolute atomic E-state index is 0. The third kappa shape index (κ3) is 3.54. The van der Waals surface area contributed by atoms with Crippen LogP contribution in [0.2, 0.25) is 0 Å². The Morgan fingerprint density at radius 2 is 2.07 bits per heavy atom. The Bertz CT molecular complexity index is 428. The molecule has 3 N–H and O–H groups in total. The Labute approximate surface area is 90.2 Å². The molecule has 1 rings (SSSR count). The molecule has 1 amide bonds. The fraction of sp³-hybridized carbons (Fsp3) is 0.250. The molecule has 0 bridgehead atoms. The van der Waals surface area contributed by atoms with Gasteiger partial charge in [-0.1, -0.05) is 11.3 Å². The molecule has 0 aromatic carbocycles. The van der Waals surface area contributed by atoms with E-state index < -0.39 is 10.0 Å². The van der Waals surface area contributed by atoms with Crippen molar-refractivity contribution in [3.8, 4) is 0 Å². The molecule has 0 atom stereocenters. The standard InChI is InChI=1S/C4H6N4O3S2.ClH/c1-2(9)6-3-7-8-4(12-3)13(5,10)11;/h1H3,(H2,5,10,11)(H,6,7,9);1H. The molecule has 10 heteroatoms. The molecule has 0 aliphatic heterocycles. The van der Waals surface area contributed by atoms with Crippen LogP contribution in [0.15, 0.2) is 4.34 Å². The number of rotatable bonds is 2. The van der Waals surface area contributed by atoms with Gasteiger partial charge in [-0.05, 0) is 0 Å². The molecule has 1 aromatic rings. The van der Waals surface area contributed by atoms with Gasteiger partial charge in [0, 0.05) is 6.92 Å². The number of nitrogens with two attached hydrogens (primary N) is 1. The molecular weight excluding hydrogens is 252 g/mol. The number of aromatic nitrogens is 2. The summed E-state index contributed by atoms with van der Waals surface area (Å²) in [6.07, 6.45) is 0. The second-order valence-electron chi connectivity index (χ2n) is 2.10. The van der Waals surface area contributed by atoms with Gasteiger partial charge in [-0.3, -0.25) is 4.79 Å². The van der Waals surface area contributed by atoms with Crippen LogP contribution in [-0.4, -0.2) is 24.5 Å². The van der Waals surface area contributed by atoms with E-state index >= 15 is 0 Å². The summed E-state index contributed by atoms with van der Waals surface area (Å²) >= 11 is 0.701. The number of sulfonamides is 1. The monoisotopic (exact) mass is 258 g/mol. The van der Waals surface area contributed by atoms with Gasteiger partial charge in [0.1, 0.15) is 0 Å². The molecule has 1 heterocycles. The average molecular weight is 259 g/mol. The zero-order chi connectivity index (χ0) is 10.1.